The molecule has 3 nitrogen and oxygen atoms in total. The van der Waals surface area contributed by atoms with Crippen molar-refractivity contribution in [2.24, 2.45) is 7.05 Å². The molecule has 0 spiro atoms. The van der Waals surface area contributed by atoms with Crippen LogP contribution >= 0.6 is 0 Å². The molecule has 0 aliphatic heterocycles. The van der Waals surface area contributed by atoms with E-state index >= 15 is 0 Å². The highest BCUT2D eigenvalue weighted by molar-refractivity contribution is 5.23. The average molecular weight is 293 g/mol. The van der Waals surface area contributed by atoms with Crippen molar-refractivity contribution in [3.63, 3.8) is 0 Å². The van der Waals surface area contributed by atoms with Gasteiger partial charge in [0, 0.05) is 43.0 Å². The van der Waals surface area contributed by atoms with E-state index in [-0.39, 0.29) is 6.04 Å². The van der Waals surface area contributed by atoms with E-state index < -0.39 is 11.6 Å². The second kappa shape index (κ2) is 6.35. The van der Waals surface area contributed by atoms with Gasteiger partial charge in [-0.1, -0.05) is 19.9 Å². The van der Waals surface area contributed by atoms with Gasteiger partial charge in [-0.05, 0) is 18.9 Å². The van der Waals surface area contributed by atoms with Crippen LogP contribution in [0.1, 0.15) is 49.6 Å². The summed E-state index contributed by atoms with van der Waals surface area (Å²) in [4.78, 5) is 0. The zero-order chi connectivity index (χ0) is 15.6. The number of hydrogen-bond acceptors (Lipinski definition) is 2. The van der Waals surface area contributed by atoms with E-state index in [1.165, 1.54) is 12.1 Å². The van der Waals surface area contributed by atoms with Crippen molar-refractivity contribution in [1.82, 2.24) is 15.1 Å². The van der Waals surface area contributed by atoms with Crippen LogP contribution in [0, 0.1) is 11.6 Å². The molecule has 1 atom stereocenters. The van der Waals surface area contributed by atoms with Gasteiger partial charge >= 0.3 is 0 Å². The molecule has 0 aliphatic rings. The van der Waals surface area contributed by atoms with Crippen LogP contribution in [0.4, 0.5) is 8.78 Å². The van der Waals surface area contributed by atoms with Gasteiger partial charge in [0.05, 0.1) is 5.69 Å². The monoisotopic (exact) mass is 293 g/mol. The van der Waals surface area contributed by atoms with E-state index in [0.717, 1.165) is 17.3 Å². The second-order valence-corrected chi connectivity index (χ2v) is 5.64. The molecule has 2 aromatic rings. The molecule has 0 saturated heterocycles. The van der Waals surface area contributed by atoms with Gasteiger partial charge in [-0.3, -0.25) is 4.68 Å². The van der Waals surface area contributed by atoms with Gasteiger partial charge < -0.3 is 5.32 Å². The molecular weight excluding hydrogens is 272 g/mol. The Bertz CT molecular complexity index is 620. The predicted molar refractivity (Wildman–Crippen MR) is 78.9 cm³/mol. The molecule has 0 saturated carbocycles. The van der Waals surface area contributed by atoms with Crippen molar-refractivity contribution in [2.75, 3.05) is 0 Å². The molecule has 0 amide bonds. The summed E-state index contributed by atoms with van der Waals surface area (Å²) in [6.07, 6.45) is 1.97. The molecular formula is C16H21F2N3. The lowest BCUT2D eigenvalue weighted by Gasteiger charge is -2.15. The minimum absolute atomic E-state index is 0.203. The zero-order valence-electron chi connectivity index (χ0n) is 12.8. The van der Waals surface area contributed by atoms with Gasteiger partial charge in [0.15, 0.2) is 0 Å². The van der Waals surface area contributed by atoms with E-state index in [2.05, 4.69) is 24.3 Å². The minimum Gasteiger partial charge on any atom is -0.306 e. The van der Waals surface area contributed by atoms with Gasteiger partial charge in [-0.15, -0.1) is 0 Å². The third-order valence-corrected chi connectivity index (χ3v) is 3.51. The Kier molecular flexibility index (Phi) is 4.73. The summed E-state index contributed by atoms with van der Waals surface area (Å²) >= 11 is 0. The maximum Gasteiger partial charge on any atom is 0.130 e. The molecule has 1 aromatic heterocycles. The number of rotatable bonds is 5. The third-order valence-electron chi connectivity index (χ3n) is 3.51. The van der Waals surface area contributed by atoms with Crippen molar-refractivity contribution in [2.45, 2.75) is 39.3 Å². The maximum absolute atomic E-state index is 13.7. The van der Waals surface area contributed by atoms with Crippen molar-refractivity contribution < 1.29 is 8.78 Å². The van der Waals surface area contributed by atoms with Gasteiger partial charge in [-0.2, -0.15) is 5.10 Å². The topological polar surface area (TPSA) is 29.9 Å². The highest BCUT2D eigenvalue weighted by Crippen LogP contribution is 2.20. The highest BCUT2D eigenvalue weighted by Gasteiger charge is 2.15. The van der Waals surface area contributed by atoms with Crippen LogP contribution in [0.5, 0.6) is 0 Å². The summed E-state index contributed by atoms with van der Waals surface area (Å²) in [5.41, 5.74) is 2.60. The Morgan fingerprint density at radius 2 is 1.95 bits per heavy atom. The van der Waals surface area contributed by atoms with Crippen LogP contribution in [0.25, 0.3) is 0 Å². The zero-order valence-corrected chi connectivity index (χ0v) is 12.8. The number of nitrogens with zero attached hydrogens (tertiary/aromatic N) is 2. The number of aryl methyl sites for hydroxylation is 1. The Balaban J connectivity index is 2.09. The summed E-state index contributed by atoms with van der Waals surface area (Å²) in [6.45, 7) is 6.64. The van der Waals surface area contributed by atoms with Crippen LogP contribution in [-0.4, -0.2) is 9.78 Å². The van der Waals surface area contributed by atoms with E-state index in [4.69, 9.17) is 0 Å². The largest absolute Gasteiger partial charge is 0.306 e. The average Bonchev–Trinajstić information content (AvgIpc) is 2.77. The van der Waals surface area contributed by atoms with Crippen molar-refractivity contribution in [3.8, 4) is 0 Å². The van der Waals surface area contributed by atoms with Crippen LogP contribution in [0.15, 0.2) is 24.4 Å². The lowest BCUT2D eigenvalue weighted by atomic mass is 10.0. The summed E-state index contributed by atoms with van der Waals surface area (Å²) in [5, 5.41) is 7.71. The van der Waals surface area contributed by atoms with Crippen molar-refractivity contribution >= 4 is 0 Å². The normalized spacial score (nSPS) is 12.9. The maximum atomic E-state index is 13.7. The number of nitrogens with one attached hydrogen (secondary N) is 1. The Morgan fingerprint density at radius 1 is 1.24 bits per heavy atom. The fourth-order valence-corrected chi connectivity index (χ4v) is 2.40. The lowest BCUT2D eigenvalue weighted by molar-refractivity contribution is 0.516. The number of halogens is 2. The second-order valence-electron chi connectivity index (χ2n) is 5.64. The Morgan fingerprint density at radius 3 is 2.57 bits per heavy atom. The standard InChI is InChI=1S/C16H21F2N3/c1-10(2)16-12(9-21(4)20-16)8-19-11(3)14-6-5-13(17)7-15(14)18/h5-7,9-11,19H,8H2,1-4H3. The summed E-state index contributed by atoms with van der Waals surface area (Å²) in [7, 11) is 1.89. The molecule has 21 heavy (non-hydrogen) atoms. The first-order valence-corrected chi connectivity index (χ1v) is 7.09. The van der Waals surface area contributed by atoms with E-state index in [0.29, 0.717) is 18.0 Å². The molecule has 1 aromatic carbocycles. The Hall–Kier alpha value is -1.75. The molecule has 1 unspecified atom stereocenters. The summed E-state index contributed by atoms with van der Waals surface area (Å²) in [6, 6.07) is 3.47. The number of aromatic nitrogens is 2. The predicted octanol–water partition coefficient (Wildman–Crippen LogP) is 3.67. The fourth-order valence-electron chi connectivity index (χ4n) is 2.40. The smallest absolute Gasteiger partial charge is 0.130 e. The number of hydrogen-bond donors (Lipinski definition) is 1. The minimum atomic E-state index is -0.558. The van der Waals surface area contributed by atoms with E-state index in [1.807, 2.05) is 20.2 Å². The first-order valence-electron chi connectivity index (χ1n) is 7.09. The Labute approximate surface area is 124 Å². The molecule has 5 heteroatoms. The van der Waals surface area contributed by atoms with Gasteiger partial charge in [-0.25, -0.2) is 8.78 Å². The number of benzene rings is 1. The summed E-state index contributed by atoms with van der Waals surface area (Å²) < 4.78 is 28.5. The van der Waals surface area contributed by atoms with Gasteiger partial charge in [0.1, 0.15) is 11.6 Å². The van der Waals surface area contributed by atoms with Crippen molar-refractivity contribution in [1.29, 1.82) is 0 Å². The lowest BCUT2D eigenvalue weighted by Crippen LogP contribution is -2.19. The molecule has 1 heterocycles. The van der Waals surface area contributed by atoms with E-state index in [1.54, 1.807) is 4.68 Å². The van der Waals surface area contributed by atoms with Crippen LogP contribution in [-0.2, 0) is 13.6 Å². The van der Waals surface area contributed by atoms with Crippen LogP contribution < -0.4 is 5.32 Å². The molecule has 0 radical (unpaired) electrons. The summed E-state index contributed by atoms with van der Waals surface area (Å²) in [5.74, 6) is -0.746. The first-order chi connectivity index (χ1) is 9.88. The highest BCUT2D eigenvalue weighted by atomic mass is 19.1. The first kappa shape index (κ1) is 15.6. The van der Waals surface area contributed by atoms with Crippen molar-refractivity contribution in [3.05, 3.63) is 52.9 Å². The van der Waals surface area contributed by atoms with Gasteiger partial charge in [0.2, 0.25) is 0 Å². The van der Waals surface area contributed by atoms with E-state index in [9.17, 15) is 8.78 Å². The SMILES string of the molecule is CC(C)c1nn(C)cc1CNC(C)c1ccc(F)cc1F. The van der Waals surface area contributed by atoms with Crippen LogP contribution in [0.2, 0.25) is 0 Å². The molecule has 0 fully saturated rings. The molecule has 0 aliphatic carbocycles. The third kappa shape index (κ3) is 3.67. The molecule has 1 N–H and O–H groups in total. The fraction of sp³-hybridized carbons (Fsp3) is 0.438. The quantitative estimate of drug-likeness (QED) is 0.911. The molecule has 2 rings (SSSR count). The molecule has 0 bridgehead atoms. The van der Waals surface area contributed by atoms with Gasteiger partial charge in [0.25, 0.3) is 0 Å². The van der Waals surface area contributed by atoms with Crippen LogP contribution in [0.3, 0.4) is 0 Å². The molecule has 114 valence electrons.